The highest BCUT2D eigenvalue weighted by Gasteiger charge is 2.45. The maximum atomic E-state index is 12.9. The number of ether oxygens (including phenoxy) is 2. The zero-order valence-corrected chi connectivity index (χ0v) is 18.9. The van der Waals surface area contributed by atoms with Crippen molar-refractivity contribution in [1.82, 2.24) is 0 Å². The fourth-order valence-electron chi connectivity index (χ4n) is 4.05. The van der Waals surface area contributed by atoms with E-state index in [1.807, 2.05) is 13.8 Å². The normalized spacial score (nSPS) is 16.2. The van der Waals surface area contributed by atoms with Crippen LogP contribution in [-0.4, -0.2) is 25.2 Å². The third-order valence-electron chi connectivity index (χ3n) is 6.25. The molecule has 5 heteroatoms. The number of allylic oxidation sites excluding steroid dienone is 4. The minimum Gasteiger partial charge on any atom is -0.462 e. The van der Waals surface area contributed by atoms with E-state index in [1.165, 1.54) is 22.3 Å². The van der Waals surface area contributed by atoms with E-state index in [4.69, 9.17) is 9.47 Å². The maximum Gasteiger partial charge on any atom is 0.342 e. The first-order valence-electron chi connectivity index (χ1n) is 9.48. The van der Waals surface area contributed by atoms with Crippen LogP contribution in [-0.2, 0) is 14.6 Å². The monoisotopic (exact) mass is 390 g/mol. The topological polar surface area (TPSA) is 52.6 Å². The van der Waals surface area contributed by atoms with E-state index in [0.717, 1.165) is 11.1 Å². The van der Waals surface area contributed by atoms with Crippen LogP contribution in [0.15, 0.2) is 22.3 Å². The Morgan fingerprint density at radius 3 is 1.41 bits per heavy atom. The van der Waals surface area contributed by atoms with Gasteiger partial charge in [-0.3, -0.25) is 0 Å². The van der Waals surface area contributed by atoms with Gasteiger partial charge in [0, 0.05) is 5.16 Å². The summed E-state index contributed by atoms with van der Waals surface area (Å²) in [6.07, 6.45) is 0. The number of rotatable bonds is 5. The number of carbonyl (C=O) groups excluding carboxylic acids is 2. The number of hydrogen-bond acceptors (Lipinski definition) is 4. The molecule has 0 bridgehead atoms. The van der Waals surface area contributed by atoms with E-state index in [-0.39, 0.29) is 11.9 Å². The van der Waals surface area contributed by atoms with Crippen LogP contribution < -0.4 is 0 Å². The van der Waals surface area contributed by atoms with Crippen molar-refractivity contribution < 1.29 is 19.1 Å². The molecule has 2 rings (SSSR count). The van der Waals surface area contributed by atoms with Crippen molar-refractivity contribution in [1.29, 1.82) is 0 Å². The van der Waals surface area contributed by atoms with Crippen LogP contribution in [0.2, 0.25) is 0 Å². The van der Waals surface area contributed by atoms with Crippen LogP contribution in [0.3, 0.4) is 0 Å². The summed E-state index contributed by atoms with van der Waals surface area (Å²) in [5.74, 6) is -0.632. The second kappa shape index (κ2) is 7.67. The van der Waals surface area contributed by atoms with Gasteiger partial charge in [-0.1, -0.05) is 18.7 Å². The van der Waals surface area contributed by atoms with E-state index in [1.54, 1.807) is 13.8 Å². The van der Waals surface area contributed by atoms with Crippen molar-refractivity contribution >= 4 is 19.5 Å². The lowest BCUT2D eigenvalue weighted by Gasteiger charge is -2.32. The van der Waals surface area contributed by atoms with Gasteiger partial charge >= 0.3 is 11.9 Å². The number of esters is 2. The SMILES string of the molecule is CCOC(=O)c1c(C)c(C)c(C(=O)OCC)p1C1(C)C(C)=C(C)C(C)=C1C. The largest absolute Gasteiger partial charge is 0.462 e. The van der Waals surface area contributed by atoms with Crippen molar-refractivity contribution in [3.63, 3.8) is 0 Å². The zero-order chi connectivity index (χ0) is 20.7. The van der Waals surface area contributed by atoms with Gasteiger partial charge in [0.2, 0.25) is 0 Å². The van der Waals surface area contributed by atoms with E-state index in [9.17, 15) is 9.59 Å². The molecule has 1 aromatic heterocycles. The summed E-state index contributed by atoms with van der Waals surface area (Å²) in [7, 11) is -1.27. The minimum absolute atomic E-state index is 0.311. The molecule has 0 fully saturated rings. The van der Waals surface area contributed by atoms with Crippen LogP contribution in [0.25, 0.3) is 0 Å². The summed E-state index contributed by atoms with van der Waals surface area (Å²) < 4.78 is 10.8. The summed E-state index contributed by atoms with van der Waals surface area (Å²) >= 11 is 0. The Hall–Kier alpha value is -1.80. The first kappa shape index (κ1) is 21.5. The molecule has 148 valence electrons. The van der Waals surface area contributed by atoms with Gasteiger partial charge in [0.15, 0.2) is 0 Å². The molecule has 1 aliphatic rings. The van der Waals surface area contributed by atoms with Crippen molar-refractivity contribution in [3.05, 3.63) is 44.0 Å². The smallest absolute Gasteiger partial charge is 0.342 e. The lowest BCUT2D eigenvalue weighted by molar-refractivity contribution is 0.0523. The molecule has 0 aliphatic heterocycles. The van der Waals surface area contributed by atoms with Crippen LogP contribution in [0.5, 0.6) is 0 Å². The van der Waals surface area contributed by atoms with Crippen LogP contribution >= 0.6 is 7.53 Å². The molecule has 27 heavy (non-hydrogen) atoms. The third-order valence-corrected chi connectivity index (χ3v) is 9.75. The van der Waals surface area contributed by atoms with Crippen molar-refractivity contribution in [2.75, 3.05) is 13.2 Å². The molecule has 4 nitrogen and oxygen atoms in total. The lowest BCUT2D eigenvalue weighted by atomic mass is 9.98. The standard InChI is InChI=1S/C22H31O4P/c1-10-25-20(23)18-14(5)15(6)19(21(24)26-11-2)27(18)22(9)16(7)12(3)13(4)17(22)8/h10-11H2,1-9H3. The Morgan fingerprint density at radius 2 is 1.11 bits per heavy atom. The molecule has 0 saturated carbocycles. The fraction of sp³-hybridized carbons (Fsp3) is 0.545. The van der Waals surface area contributed by atoms with Crippen molar-refractivity contribution in [3.8, 4) is 0 Å². The first-order valence-corrected chi connectivity index (χ1v) is 10.8. The Kier molecular flexibility index (Phi) is 6.11. The second-order valence-corrected chi connectivity index (χ2v) is 9.76. The first-order chi connectivity index (χ1) is 12.5. The summed E-state index contributed by atoms with van der Waals surface area (Å²) in [4.78, 5) is 25.9. The zero-order valence-electron chi connectivity index (χ0n) is 18.0. The van der Waals surface area contributed by atoms with Gasteiger partial charge in [-0.05, 0) is 84.6 Å². The van der Waals surface area contributed by atoms with Crippen molar-refractivity contribution in [2.24, 2.45) is 0 Å². The molecule has 0 aromatic carbocycles. The van der Waals surface area contributed by atoms with Gasteiger partial charge in [-0.2, -0.15) is 0 Å². The van der Waals surface area contributed by atoms with Gasteiger partial charge < -0.3 is 9.47 Å². The molecule has 0 amide bonds. The molecule has 0 atom stereocenters. The average Bonchev–Trinajstić information content (AvgIpc) is 2.97. The predicted molar refractivity (Wildman–Crippen MR) is 111 cm³/mol. The highest BCUT2D eigenvalue weighted by atomic mass is 31.1. The molecule has 1 aliphatic carbocycles. The fourth-order valence-corrected chi connectivity index (χ4v) is 7.67. The minimum atomic E-state index is -1.27. The summed E-state index contributed by atoms with van der Waals surface area (Å²) in [5, 5.41) is 0.902. The molecular formula is C22H31O4P. The van der Waals surface area contributed by atoms with E-state index < -0.39 is 12.7 Å². The van der Waals surface area contributed by atoms with Gasteiger partial charge in [-0.25, -0.2) is 9.59 Å². The van der Waals surface area contributed by atoms with Crippen LogP contribution in [0.4, 0.5) is 0 Å². The van der Waals surface area contributed by atoms with Gasteiger partial charge in [0.05, 0.1) is 23.8 Å². The highest BCUT2D eigenvalue weighted by Crippen LogP contribution is 2.65. The summed E-state index contributed by atoms with van der Waals surface area (Å²) in [5.41, 5.74) is 6.62. The Labute approximate surface area is 163 Å². The van der Waals surface area contributed by atoms with Crippen LogP contribution in [0.1, 0.15) is 79.8 Å². The molecular weight excluding hydrogens is 359 g/mol. The average molecular weight is 390 g/mol. The quantitative estimate of drug-likeness (QED) is 0.575. The predicted octanol–water partition coefficient (Wildman–Crippen LogP) is 6.05. The van der Waals surface area contributed by atoms with Crippen LogP contribution in [0, 0.1) is 13.8 Å². The molecule has 0 saturated heterocycles. The summed E-state index contributed by atoms with van der Waals surface area (Å²) in [6, 6.07) is 0. The molecule has 0 unspecified atom stereocenters. The number of carbonyl (C=O) groups is 2. The maximum absolute atomic E-state index is 12.9. The molecule has 1 aromatic rings. The number of hydrogen-bond donors (Lipinski definition) is 0. The Morgan fingerprint density at radius 1 is 0.778 bits per heavy atom. The highest BCUT2D eigenvalue weighted by molar-refractivity contribution is 7.55. The van der Waals surface area contributed by atoms with E-state index in [0.29, 0.717) is 23.8 Å². The van der Waals surface area contributed by atoms with Gasteiger partial charge in [0.25, 0.3) is 0 Å². The Bertz CT molecular complexity index is 802. The van der Waals surface area contributed by atoms with Gasteiger partial charge in [-0.15, -0.1) is 0 Å². The summed E-state index contributed by atoms with van der Waals surface area (Å²) in [6.45, 7) is 18.7. The van der Waals surface area contributed by atoms with Gasteiger partial charge in [0.1, 0.15) is 0 Å². The molecule has 0 radical (unpaired) electrons. The molecule has 1 heterocycles. The second-order valence-electron chi connectivity index (χ2n) is 7.30. The molecule has 0 spiro atoms. The third kappa shape index (κ3) is 3.08. The lowest BCUT2D eigenvalue weighted by Crippen LogP contribution is -2.20. The Balaban J connectivity index is 2.95. The van der Waals surface area contributed by atoms with Crippen molar-refractivity contribution in [2.45, 2.75) is 67.5 Å². The van der Waals surface area contributed by atoms with E-state index >= 15 is 0 Å². The van der Waals surface area contributed by atoms with E-state index in [2.05, 4.69) is 34.6 Å². The molecule has 0 N–H and O–H groups in total.